The Labute approximate surface area is 99.5 Å². The predicted molar refractivity (Wildman–Crippen MR) is 61.1 cm³/mol. The molecule has 1 aromatic rings. The van der Waals surface area contributed by atoms with Crippen LogP contribution < -0.4 is 5.32 Å². The lowest BCUT2D eigenvalue weighted by atomic mass is 10.2. The van der Waals surface area contributed by atoms with E-state index in [1.54, 1.807) is 12.1 Å². The van der Waals surface area contributed by atoms with Crippen molar-refractivity contribution in [3.63, 3.8) is 0 Å². The molecular formula is C11H14ClNO3. The van der Waals surface area contributed by atoms with Gasteiger partial charge in [-0.05, 0) is 17.7 Å². The number of hydrogen-bond donors (Lipinski definition) is 1. The van der Waals surface area contributed by atoms with Crippen LogP contribution in [0.15, 0.2) is 24.3 Å². The number of nitrogens with one attached hydrogen (secondary N) is 1. The Balaban J connectivity index is 2.45. The van der Waals surface area contributed by atoms with Crippen molar-refractivity contribution in [3.05, 3.63) is 34.9 Å². The van der Waals surface area contributed by atoms with E-state index in [4.69, 9.17) is 21.1 Å². The van der Waals surface area contributed by atoms with Gasteiger partial charge >= 0.3 is 0 Å². The standard InChI is InChI=1S/C11H14ClNO3/c1-15-11(16-2)10(14)13-7-8-3-5-9(12)6-4-8/h3-6,11H,7H2,1-2H3,(H,13,14). The molecule has 0 saturated carbocycles. The number of carbonyl (C=O) groups excluding carboxylic acids is 1. The van der Waals surface area contributed by atoms with E-state index in [-0.39, 0.29) is 5.91 Å². The molecule has 16 heavy (non-hydrogen) atoms. The lowest BCUT2D eigenvalue weighted by Gasteiger charge is -2.13. The molecule has 0 aliphatic heterocycles. The molecule has 5 heteroatoms. The molecule has 0 bridgehead atoms. The van der Waals surface area contributed by atoms with Crippen molar-refractivity contribution in [1.29, 1.82) is 0 Å². The minimum absolute atomic E-state index is 0.306. The molecule has 1 N–H and O–H groups in total. The topological polar surface area (TPSA) is 47.6 Å². The highest BCUT2D eigenvalue weighted by atomic mass is 35.5. The van der Waals surface area contributed by atoms with Crippen LogP contribution in [-0.2, 0) is 20.8 Å². The number of benzene rings is 1. The first-order chi connectivity index (χ1) is 7.67. The van der Waals surface area contributed by atoms with Gasteiger partial charge in [0.15, 0.2) is 0 Å². The average molecular weight is 244 g/mol. The van der Waals surface area contributed by atoms with Crippen LogP contribution in [0.5, 0.6) is 0 Å². The number of amides is 1. The molecule has 0 radical (unpaired) electrons. The maximum absolute atomic E-state index is 11.5. The van der Waals surface area contributed by atoms with Gasteiger partial charge in [-0.2, -0.15) is 0 Å². The number of halogens is 1. The van der Waals surface area contributed by atoms with Crippen molar-refractivity contribution in [2.45, 2.75) is 12.8 Å². The highest BCUT2D eigenvalue weighted by Crippen LogP contribution is 2.09. The largest absolute Gasteiger partial charge is 0.348 e. The maximum Gasteiger partial charge on any atom is 0.277 e. The smallest absolute Gasteiger partial charge is 0.277 e. The molecule has 0 spiro atoms. The Morgan fingerprint density at radius 2 is 1.88 bits per heavy atom. The van der Waals surface area contributed by atoms with Gasteiger partial charge in [0.1, 0.15) is 0 Å². The van der Waals surface area contributed by atoms with Gasteiger partial charge in [0.05, 0.1) is 0 Å². The lowest BCUT2D eigenvalue weighted by molar-refractivity contribution is -0.159. The van der Waals surface area contributed by atoms with E-state index in [0.717, 1.165) is 5.56 Å². The summed E-state index contributed by atoms with van der Waals surface area (Å²) in [6, 6.07) is 7.23. The van der Waals surface area contributed by atoms with Gasteiger partial charge in [0.25, 0.3) is 5.91 Å². The zero-order valence-electron chi connectivity index (χ0n) is 9.20. The number of hydrogen-bond acceptors (Lipinski definition) is 3. The lowest BCUT2D eigenvalue weighted by Crippen LogP contribution is -2.36. The summed E-state index contributed by atoms with van der Waals surface area (Å²) < 4.78 is 9.63. The second-order valence-electron chi connectivity index (χ2n) is 3.15. The van der Waals surface area contributed by atoms with Crippen molar-refractivity contribution in [2.75, 3.05) is 14.2 Å². The van der Waals surface area contributed by atoms with E-state index >= 15 is 0 Å². The van der Waals surface area contributed by atoms with Crippen LogP contribution >= 0.6 is 11.6 Å². The minimum Gasteiger partial charge on any atom is -0.348 e. The summed E-state index contributed by atoms with van der Waals surface area (Å²) in [6.45, 7) is 0.416. The molecule has 1 rings (SSSR count). The van der Waals surface area contributed by atoms with Crippen molar-refractivity contribution in [1.82, 2.24) is 5.32 Å². The summed E-state index contributed by atoms with van der Waals surface area (Å²) in [5.41, 5.74) is 0.962. The van der Waals surface area contributed by atoms with Gasteiger partial charge in [0, 0.05) is 25.8 Å². The molecule has 0 aliphatic carbocycles. The Morgan fingerprint density at radius 1 is 1.31 bits per heavy atom. The molecule has 0 unspecified atom stereocenters. The van der Waals surface area contributed by atoms with Crippen molar-refractivity contribution < 1.29 is 14.3 Å². The highest BCUT2D eigenvalue weighted by Gasteiger charge is 2.15. The van der Waals surface area contributed by atoms with E-state index in [0.29, 0.717) is 11.6 Å². The third kappa shape index (κ3) is 3.81. The number of methoxy groups -OCH3 is 2. The highest BCUT2D eigenvalue weighted by molar-refractivity contribution is 6.30. The molecule has 4 nitrogen and oxygen atoms in total. The fraction of sp³-hybridized carbons (Fsp3) is 0.364. The molecule has 0 fully saturated rings. The molecule has 88 valence electrons. The molecule has 0 heterocycles. The zero-order valence-corrected chi connectivity index (χ0v) is 9.95. The SMILES string of the molecule is COC(OC)C(=O)NCc1ccc(Cl)cc1. The summed E-state index contributed by atoms with van der Waals surface area (Å²) in [7, 11) is 2.83. The second kappa shape index (κ2) is 6.48. The summed E-state index contributed by atoms with van der Waals surface area (Å²) in [6.07, 6.45) is -0.868. The van der Waals surface area contributed by atoms with E-state index in [1.165, 1.54) is 14.2 Å². The first kappa shape index (κ1) is 13.0. The van der Waals surface area contributed by atoms with E-state index in [2.05, 4.69) is 5.32 Å². The van der Waals surface area contributed by atoms with Crippen LogP contribution in [-0.4, -0.2) is 26.4 Å². The Bertz CT molecular complexity index is 336. The van der Waals surface area contributed by atoms with Gasteiger partial charge in [-0.3, -0.25) is 4.79 Å². The summed E-state index contributed by atoms with van der Waals surface area (Å²) in [5.74, 6) is -0.306. The van der Waals surface area contributed by atoms with Gasteiger partial charge < -0.3 is 14.8 Å². The maximum atomic E-state index is 11.5. The van der Waals surface area contributed by atoms with Crippen LogP contribution in [0.3, 0.4) is 0 Å². The molecule has 1 amide bonds. The van der Waals surface area contributed by atoms with Crippen LogP contribution in [0.1, 0.15) is 5.56 Å². The van der Waals surface area contributed by atoms with E-state index in [9.17, 15) is 4.79 Å². The quantitative estimate of drug-likeness (QED) is 0.799. The van der Waals surface area contributed by atoms with E-state index < -0.39 is 6.29 Å². The van der Waals surface area contributed by atoms with Gasteiger partial charge in [-0.1, -0.05) is 23.7 Å². The van der Waals surface area contributed by atoms with Crippen LogP contribution in [0.4, 0.5) is 0 Å². The second-order valence-corrected chi connectivity index (χ2v) is 3.58. The predicted octanol–water partition coefficient (Wildman–Crippen LogP) is 1.58. The molecule has 0 aromatic heterocycles. The van der Waals surface area contributed by atoms with Gasteiger partial charge in [-0.15, -0.1) is 0 Å². The van der Waals surface area contributed by atoms with Crippen LogP contribution in [0, 0.1) is 0 Å². The fourth-order valence-electron chi connectivity index (χ4n) is 1.19. The first-order valence-electron chi connectivity index (χ1n) is 4.75. The van der Waals surface area contributed by atoms with Crippen LogP contribution in [0.2, 0.25) is 5.02 Å². The fourth-order valence-corrected chi connectivity index (χ4v) is 1.31. The monoisotopic (exact) mass is 243 g/mol. The van der Waals surface area contributed by atoms with Gasteiger partial charge in [0.2, 0.25) is 6.29 Å². The molecule has 0 saturated heterocycles. The summed E-state index contributed by atoms with van der Waals surface area (Å²) >= 11 is 5.74. The van der Waals surface area contributed by atoms with E-state index in [1.807, 2.05) is 12.1 Å². The molecule has 0 atom stereocenters. The molecule has 0 aliphatic rings. The number of ether oxygens (including phenoxy) is 2. The third-order valence-electron chi connectivity index (χ3n) is 2.02. The molecule has 1 aromatic carbocycles. The normalized spacial score (nSPS) is 10.5. The van der Waals surface area contributed by atoms with Crippen molar-refractivity contribution in [2.24, 2.45) is 0 Å². The Morgan fingerprint density at radius 3 is 2.38 bits per heavy atom. The minimum atomic E-state index is -0.868. The third-order valence-corrected chi connectivity index (χ3v) is 2.27. The Hall–Kier alpha value is -1.10. The summed E-state index contributed by atoms with van der Waals surface area (Å²) in [4.78, 5) is 11.5. The van der Waals surface area contributed by atoms with Crippen molar-refractivity contribution in [3.8, 4) is 0 Å². The van der Waals surface area contributed by atoms with Gasteiger partial charge in [-0.25, -0.2) is 0 Å². The zero-order chi connectivity index (χ0) is 12.0. The summed E-state index contributed by atoms with van der Waals surface area (Å²) in [5, 5.41) is 3.36. The number of carbonyl (C=O) groups is 1. The molecular weight excluding hydrogens is 230 g/mol. The average Bonchev–Trinajstić information content (AvgIpc) is 2.30. The van der Waals surface area contributed by atoms with Crippen LogP contribution in [0.25, 0.3) is 0 Å². The number of rotatable bonds is 5. The van der Waals surface area contributed by atoms with Crippen molar-refractivity contribution >= 4 is 17.5 Å². The first-order valence-corrected chi connectivity index (χ1v) is 5.13. The Kier molecular flexibility index (Phi) is 5.25.